The summed E-state index contributed by atoms with van der Waals surface area (Å²) in [5, 5.41) is 0. The molecule has 1 heterocycles. The largest absolute Gasteiger partial charge is 0.344 e. The number of Topliss-reactive ketones (excluding diaryl/α,β-unsaturated/α-hetero) is 1. The van der Waals surface area contributed by atoms with Gasteiger partial charge >= 0.3 is 0 Å². The molecule has 0 bridgehead atoms. The van der Waals surface area contributed by atoms with Crippen LogP contribution in [0.4, 0.5) is 0 Å². The van der Waals surface area contributed by atoms with Crippen LogP contribution >= 0.6 is 0 Å². The van der Waals surface area contributed by atoms with E-state index in [0.717, 1.165) is 11.1 Å². The number of hydrogen-bond acceptors (Lipinski definition) is 2. The first kappa shape index (κ1) is 14.2. The number of ketones is 1. The summed E-state index contributed by atoms with van der Waals surface area (Å²) in [6.07, 6.45) is 0. The smallest absolute Gasteiger partial charge is 0.237 e. The van der Waals surface area contributed by atoms with Gasteiger partial charge in [0.15, 0.2) is 0 Å². The molecular weight excluding hydrogens is 286 g/mol. The second kappa shape index (κ2) is 4.54. The van der Waals surface area contributed by atoms with Crippen molar-refractivity contribution in [2.45, 2.75) is 12.3 Å². The Kier molecular flexibility index (Phi) is 2.80. The lowest BCUT2D eigenvalue weighted by molar-refractivity contribution is -0.139. The molecule has 2 aromatic rings. The molecule has 1 aliphatic heterocycles. The molecule has 3 heteroatoms. The van der Waals surface area contributed by atoms with Crippen LogP contribution in [0.15, 0.2) is 60.7 Å². The van der Waals surface area contributed by atoms with Crippen molar-refractivity contribution >= 4 is 11.7 Å². The van der Waals surface area contributed by atoms with Gasteiger partial charge in [-0.15, -0.1) is 0 Å². The zero-order valence-electron chi connectivity index (χ0n) is 13.3. The molecule has 116 valence electrons. The van der Waals surface area contributed by atoms with Gasteiger partial charge in [-0.3, -0.25) is 9.59 Å². The first-order chi connectivity index (χ1) is 11.1. The lowest BCUT2D eigenvalue weighted by atomic mass is 9.77. The monoisotopic (exact) mass is 305 g/mol. The SMILES string of the molecule is CC(=O)C12C(=O)N(C)CC1C2(c1ccccc1)c1ccccc1. The van der Waals surface area contributed by atoms with Crippen molar-refractivity contribution in [3.63, 3.8) is 0 Å². The topological polar surface area (TPSA) is 37.4 Å². The number of piperidine rings is 1. The molecule has 1 saturated heterocycles. The molecular formula is C20H19NO2. The quantitative estimate of drug-likeness (QED) is 0.818. The number of benzene rings is 2. The van der Waals surface area contributed by atoms with Gasteiger partial charge < -0.3 is 4.90 Å². The highest BCUT2D eigenvalue weighted by Crippen LogP contribution is 2.76. The molecule has 1 saturated carbocycles. The maximum Gasteiger partial charge on any atom is 0.237 e. The number of likely N-dealkylation sites (tertiary alicyclic amines) is 1. The Morgan fingerprint density at radius 2 is 1.48 bits per heavy atom. The molecule has 2 aliphatic rings. The summed E-state index contributed by atoms with van der Waals surface area (Å²) in [5.41, 5.74) is 0.663. The Bertz CT molecular complexity index is 744. The van der Waals surface area contributed by atoms with Gasteiger partial charge in [0.25, 0.3) is 0 Å². The predicted octanol–water partition coefficient (Wildman–Crippen LogP) is 2.65. The maximum absolute atomic E-state index is 13.0. The second-order valence-electron chi connectivity index (χ2n) is 6.64. The van der Waals surface area contributed by atoms with E-state index in [-0.39, 0.29) is 17.6 Å². The Hall–Kier alpha value is -2.42. The predicted molar refractivity (Wildman–Crippen MR) is 87.9 cm³/mol. The number of hydrogen-bond donors (Lipinski definition) is 0. The molecule has 2 unspecified atom stereocenters. The molecule has 0 aromatic heterocycles. The summed E-state index contributed by atoms with van der Waals surface area (Å²) in [7, 11) is 1.79. The summed E-state index contributed by atoms with van der Waals surface area (Å²) < 4.78 is 0. The minimum atomic E-state index is -0.940. The highest BCUT2D eigenvalue weighted by Gasteiger charge is 2.87. The van der Waals surface area contributed by atoms with Crippen molar-refractivity contribution in [2.24, 2.45) is 11.3 Å². The molecule has 2 atom stereocenters. The van der Waals surface area contributed by atoms with Crippen LogP contribution in [0.25, 0.3) is 0 Å². The first-order valence-corrected chi connectivity index (χ1v) is 7.95. The van der Waals surface area contributed by atoms with Crippen LogP contribution in [-0.2, 0) is 15.0 Å². The summed E-state index contributed by atoms with van der Waals surface area (Å²) in [6.45, 7) is 2.19. The number of fused-ring (bicyclic) bond motifs is 1. The van der Waals surface area contributed by atoms with Crippen LogP contribution in [-0.4, -0.2) is 30.2 Å². The highest BCUT2D eigenvalue weighted by atomic mass is 16.2. The molecule has 4 rings (SSSR count). The van der Waals surface area contributed by atoms with Gasteiger partial charge in [0.05, 0.1) is 0 Å². The third-order valence-corrected chi connectivity index (χ3v) is 5.74. The lowest BCUT2D eigenvalue weighted by Gasteiger charge is -2.29. The molecule has 23 heavy (non-hydrogen) atoms. The molecule has 2 fully saturated rings. The lowest BCUT2D eigenvalue weighted by Crippen LogP contribution is -2.41. The van der Waals surface area contributed by atoms with Crippen LogP contribution in [0.3, 0.4) is 0 Å². The average molecular weight is 305 g/mol. The third kappa shape index (κ3) is 1.45. The van der Waals surface area contributed by atoms with E-state index in [1.54, 1.807) is 18.9 Å². The van der Waals surface area contributed by atoms with Crippen LogP contribution in [0.1, 0.15) is 18.1 Å². The van der Waals surface area contributed by atoms with E-state index < -0.39 is 10.8 Å². The van der Waals surface area contributed by atoms with Crippen molar-refractivity contribution in [3.05, 3.63) is 71.8 Å². The Morgan fingerprint density at radius 1 is 1.00 bits per heavy atom. The van der Waals surface area contributed by atoms with Crippen LogP contribution in [0.5, 0.6) is 0 Å². The van der Waals surface area contributed by atoms with E-state index in [2.05, 4.69) is 0 Å². The average Bonchev–Trinajstić information content (AvgIpc) is 3.10. The van der Waals surface area contributed by atoms with Crippen molar-refractivity contribution < 1.29 is 9.59 Å². The molecule has 0 spiro atoms. The Balaban J connectivity index is 2.01. The van der Waals surface area contributed by atoms with E-state index in [0.29, 0.717) is 6.54 Å². The fourth-order valence-electron chi connectivity index (χ4n) is 4.90. The van der Waals surface area contributed by atoms with E-state index >= 15 is 0 Å². The van der Waals surface area contributed by atoms with Crippen molar-refractivity contribution in [2.75, 3.05) is 13.6 Å². The normalized spacial score (nSPS) is 27.7. The fourth-order valence-corrected chi connectivity index (χ4v) is 4.90. The molecule has 0 N–H and O–H groups in total. The maximum atomic E-state index is 13.0. The number of carbonyl (C=O) groups excluding carboxylic acids is 2. The number of rotatable bonds is 3. The van der Waals surface area contributed by atoms with Gasteiger partial charge in [0.1, 0.15) is 11.2 Å². The molecule has 3 nitrogen and oxygen atoms in total. The van der Waals surface area contributed by atoms with Crippen molar-refractivity contribution in [1.29, 1.82) is 0 Å². The molecule has 0 radical (unpaired) electrons. The van der Waals surface area contributed by atoms with Crippen molar-refractivity contribution in [3.8, 4) is 0 Å². The fraction of sp³-hybridized carbons (Fsp3) is 0.300. The standard InChI is InChI=1S/C20H19NO2/c1-14(22)19-17(13-21(2)18(19)23)20(19,15-9-5-3-6-10-15)16-11-7-4-8-12-16/h3-12,17H,13H2,1-2H3. The van der Waals surface area contributed by atoms with Gasteiger partial charge in [-0.25, -0.2) is 0 Å². The van der Waals surface area contributed by atoms with E-state index in [1.165, 1.54) is 0 Å². The Labute approximate surface area is 135 Å². The number of nitrogens with zero attached hydrogens (tertiary/aromatic N) is 1. The summed E-state index contributed by atoms with van der Waals surface area (Å²) >= 11 is 0. The van der Waals surface area contributed by atoms with Crippen molar-refractivity contribution in [1.82, 2.24) is 4.90 Å². The van der Waals surface area contributed by atoms with Crippen LogP contribution < -0.4 is 0 Å². The summed E-state index contributed by atoms with van der Waals surface area (Å²) in [6, 6.07) is 20.0. The van der Waals surface area contributed by atoms with Gasteiger partial charge in [-0.05, 0) is 18.1 Å². The minimum Gasteiger partial charge on any atom is -0.344 e. The Morgan fingerprint density at radius 3 is 1.87 bits per heavy atom. The second-order valence-corrected chi connectivity index (χ2v) is 6.64. The summed E-state index contributed by atoms with van der Waals surface area (Å²) in [4.78, 5) is 27.4. The number of amides is 1. The van der Waals surface area contributed by atoms with Crippen LogP contribution in [0.2, 0.25) is 0 Å². The zero-order valence-corrected chi connectivity index (χ0v) is 13.3. The zero-order chi connectivity index (χ0) is 16.2. The first-order valence-electron chi connectivity index (χ1n) is 7.95. The van der Waals surface area contributed by atoms with Gasteiger partial charge in [0, 0.05) is 24.9 Å². The van der Waals surface area contributed by atoms with E-state index in [9.17, 15) is 9.59 Å². The van der Waals surface area contributed by atoms with E-state index in [1.807, 2.05) is 60.7 Å². The third-order valence-electron chi connectivity index (χ3n) is 5.74. The molecule has 1 amide bonds. The van der Waals surface area contributed by atoms with Crippen LogP contribution in [0, 0.1) is 11.3 Å². The molecule has 1 aliphatic carbocycles. The minimum absolute atomic E-state index is 0.00907. The van der Waals surface area contributed by atoms with E-state index in [4.69, 9.17) is 0 Å². The van der Waals surface area contributed by atoms with Gasteiger partial charge in [0.2, 0.25) is 5.91 Å². The van der Waals surface area contributed by atoms with Gasteiger partial charge in [-0.1, -0.05) is 60.7 Å². The summed E-state index contributed by atoms with van der Waals surface area (Å²) in [5.74, 6) is -0.0536. The number of carbonyl (C=O) groups is 2. The highest BCUT2D eigenvalue weighted by molar-refractivity contribution is 6.14. The van der Waals surface area contributed by atoms with Gasteiger partial charge in [-0.2, -0.15) is 0 Å². The molecule has 2 aromatic carbocycles.